The molecule has 10 nitrogen and oxygen atoms in total. The normalized spacial score (nSPS) is 10.5. The molecule has 0 atom stereocenters. The van der Waals surface area contributed by atoms with Crippen molar-refractivity contribution in [2.45, 2.75) is 0 Å². The van der Waals surface area contributed by atoms with E-state index >= 15 is 0 Å². The molecule has 0 aliphatic carbocycles. The van der Waals surface area contributed by atoms with Crippen LogP contribution in [-0.2, 0) is 9.53 Å². The van der Waals surface area contributed by atoms with E-state index < -0.39 is 41.1 Å². The maximum Gasteiger partial charge on any atom is 0.357 e. The summed E-state index contributed by atoms with van der Waals surface area (Å²) < 4.78 is 4.77. The van der Waals surface area contributed by atoms with E-state index in [-0.39, 0.29) is 5.13 Å². The molecule has 0 radical (unpaired) electrons. The number of aromatic amines is 2. The first-order valence-electron chi connectivity index (χ1n) is 7.64. The van der Waals surface area contributed by atoms with Gasteiger partial charge in [0.05, 0.1) is 5.69 Å². The number of thiazole rings is 1. The van der Waals surface area contributed by atoms with Crippen LogP contribution < -0.4 is 22.3 Å². The predicted molar refractivity (Wildman–Crippen MR) is 104 cm³/mol. The Kier molecular flexibility index (Phi) is 5.57. The van der Waals surface area contributed by atoms with Gasteiger partial charge in [0.15, 0.2) is 17.4 Å². The molecule has 2 aromatic heterocycles. The number of rotatable bonds is 5. The summed E-state index contributed by atoms with van der Waals surface area (Å²) in [6.07, 6.45) is 0. The van der Waals surface area contributed by atoms with Gasteiger partial charge in [-0.05, 0) is 6.07 Å². The van der Waals surface area contributed by atoms with Gasteiger partial charge in [0.2, 0.25) is 0 Å². The largest absolute Gasteiger partial charge is 0.451 e. The highest BCUT2D eigenvalue weighted by atomic mass is 35.5. The zero-order valence-electron chi connectivity index (χ0n) is 13.9. The third-order valence-electron chi connectivity index (χ3n) is 3.42. The number of aromatic nitrogens is 3. The SMILES string of the molecule is Nc1c(C(=O)OCC(=O)Nc2nc(-c3ccccc3Cl)cs2)[nH]c(=O)[nH]c1=O. The minimum absolute atomic E-state index is 0.278. The summed E-state index contributed by atoms with van der Waals surface area (Å²) in [5.74, 6) is -1.79. The average Bonchev–Trinajstić information content (AvgIpc) is 3.11. The van der Waals surface area contributed by atoms with Crippen molar-refractivity contribution < 1.29 is 14.3 Å². The second kappa shape index (κ2) is 8.06. The van der Waals surface area contributed by atoms with Crippen molar-refractivity contribution in [3.63, 3.8) is 0 Å². The minimum atomic E-state index is -1.12. The minimum Gasteiger partial charge on any atom is -0.451 e. The maximum atomic E-state index is 12.0. The highest BCUT2D eigenvalue weighted by Crippen LogP contribution is 2.30. The third kappa shape index (κ3) is 4.27. The molecule has 0 saturated heterocycles. The van der Waals surface area contributed by atoms with E-state index in [2.05, 4.69) is 15.3 Å². The Labute approximate surface area is 165 Å². The van der Waals surface area contributed by atoms with Gasteiger partial charge in [-0.3, -0.25) is 24.9 Å². The maximum absolute atomic E-state index is 12.0. The van der Waals surface area contributed by atoms with Gasteiger partial charge >= 0.3 is 11.7 Å². The molecule has 0 aliphatic rings. The van der Waals surface area contributed by atoms with E-state index in [1.165, 1.54) is 0 Å². The lowest BCUT2D eigenvalue weighted by molar-refractivity contribution is -0.119. The van der Waals surface area contributed by atoms with Crippen molar-refractivity contribution >= 4 is 45.6 Å². The zero-order valence-corrected chi connectivity index (χ0v) is 15.5. The van der Waals surface area contributed by atoms with Gasteiger partial charge in [-0.25, -0.2) is 14.6 Å². The zero-order chi connectivity index (χ0) is 20.3. The van der Waals surface area contributed by atoms with Crippen molar-refractivity contribution in [2.24, 2.45) is 0 Å². The van der Waals surface area contributed by atoms with Gasteiger partial charge in [0.25, 0.3) is 11.5 Å². The van der Waals surface area contributed by atoms with Crippen molar-refractivity contribution in [3.8, 4) is 11.3 Å². The summed E-state index contributed by atoms with van der Waals surface area (Å²) in [6.45, 7) is -0.673. The highest BCUT2D eigenvalue weighted by Gasteiger charge is 2.18. The summed E-state index contributed by atoms with van der Waals surface area (Å²) in [7, 11) is 0. The standard InChI is InChI=1S/C16H12ClN5O5S/c17-8-4-2-1-3-7(8)9-6-28-16(19-9)20-10(23)5-27-14(25)12-11(18)13(24)22-15(26)21-12/h1-4,6H,5,18H2,(H,19,20,23)(H2,21,22,24,26). The summed E-state index contributed by atoms with van der Waals surface area (Å²) in [4.78, 5) is 54.6. The van der Waals surface area contributed by atoms with Gasteiger partial charge < -0.3 is 10.5 Å². The van der Waals surface area contributed by atoms with Crippen LogP contribution in [0.1, 0.15) is 10.5 Å². The van der Waals surface area contributed by atoms with Crippen molar-refractivity contribution in [3.05, 3.63) is 61.2 Å². The molecule has 0 spiro atoms. The lowest BCUT2D eigenvalue weighted by atomic mass is 10.2. The van der Waals surface area contributed by atoms with E-state index in [0.717, 1.165) is 11.3 Å². The van der Waals surface area contributed by atoms with Crippen LogP contribution in [0.2, 0.25) is 5.02 Å². The van der Waals surface area contributed by atoms with E-state index in [4.69, 9.17) is 22.1 Å². The van der Waals surface area contributed by atoms with E-state index in [1.807, 2.05) is 11.1 Å². The first kappa shape index (κ1) is 19.3. The number of carbonyl (C=O) groups excluding carboxylic acids is 2. The highest BCUT2D eigenvalue weighted by molar-refractivity contribution is 7.14. The number of esters is 1. The van der Waals surface area contributed by atoms with Crippen LogP contribution >= 0.6 is 22.9 Å². The molecule has 0 saturated carbocycles. The summed E-state index contributed by atoms with van der Waals surface area (Å²) in [5.41, 5.74) is 3.80. The number of anilines is 2. The number of nitrogens with one attached hydrogen (secondary N) is 3. The van der Waals surface area contributed by atoms with Gasteiger partial charge in [0, 0.05) is 16.0 Å². The molecule has 2 heterocycles. The lowest BCUT2D eigenvalue weighted by Gasteiger charge is -2.06. The number of hydrogen-bond acceptors (Lipinski definition) is 8. The number of ether oxygens (including phenoxy) is 1. The molecule has 0 fully saturated rings. The number of nitrogens with two attached hydrogens (primary N) is 1. The Balaban J connectivity index is 1.63. The molecule has 0 unspecified atom stereocenters. The number of nitrogens with zero attached hydrogens (tertiary/aromatic N) is 1. The molecule has 144 valence electrons. The second-order valence-corrected chi connectivity index (χ2v) is 6.60. The topological polar surface area (TPSA) is 160 Å². The van der Waals surface area contributed by atoms with Crippen molar-refractivity contribution in [2.75, 3.05) is 17.7 Å². The Morgan fingerprint density at radius 2 is 2.00 bits per heavy atom. The van der Waals surface area contributed by atoms with Gasteiger partial charge in [0.1, 0.15) is 5.69 Å². The van der Waals surface area contributed by atoms with Crippen molar-refractivity contribution in [1.82, 2.24) is 15.0 Å². The Morgan fingerprint density at radius 1 is 1.25 bits per heavy atom. The lowest BCUT2D eigenvalue weighted by Crippen LogP contribution is -2.30. The molecular formula is C16H12ClN5O5S. The number of hydrogen-bond donors (Lipinski definition) is 4. The number of nitrogen functional groups attached to an aromatic ring is 1. The smallest absolute Gasteiger partial charge is 0.357 e. The van der Waals surface area contributed by atoms with Crippen LogP contribution in [0.4, 0.5) is 10.8 Å². The van der Waals surface area contributed by atoms with Crippen LogP contribution in [0.15, 0.2) is 39.2 Å². The monoisotopic (exact) mass is 421 g/mol. The number of amides is 1. The molecular weight excluding hydrogens is 410 g/mol. The van der Waals surface area contributed by atoms with E-state index in [9.17, 15) is 19.2 Å². The molecule has 28 heavy (non-hydrogen) atoms. The van der Waals surface area contributed by atoms with Crippen LogP contribution in [0.5, 0.6) is 0 Å². The van der Waals surface area contributed by atoms with E-state index in [1.54, 1.807) is 23.6 Å². The summed E-state index contributed by atoms with van der Waals surface area (Å²) in [5, 5.41) is 4.98. The third-order valence-corrected chi connectivity index (χ3v) is 4.51. The van der Waals surface area contributed by atoms with Crippen molar-refractivity contribution in [1.29, 1.82) is 0 Å². The fourth-order valence-corrected chi connectivity index (χ4v) is 3.10. The van der Waals surface area contributed by atoms with Crippen LogP contribution in [0.25, 0.3) is 11.3 Å². The van der Waals surface area contributed by atoms with E-state index in [0.29, 0.717) is 16.3 Å². The molecule has 1 aromatic carbocycles. The molecule has 5 N–H and O–H groups in total. The molecule has 0 aliphatic heterocycles. The molecule has 0 bridgehead atoms. The van der Waals surface area contributed by atoms with Crippen LogP contribution in [-0.4, -0.2) is 33.4 Å². The molecule has 12 heteroatoms. The fraction of sp³-hybridized carbons (Fsp3) is 0.0625. The molecule has 3 aromatic rings. The quantitative estimate of drug-likeness (QED) is 0.450. The molecule has 3 rings (SSSR count). The summed E-state index contributed by atoms with van der Waals surface area (Å²) >= 11 is 7.27. The van der Waals surface area contributed by atoms with Gasteiger partial charge in [-0.1, -0.05) is 29.8 Å². The van der Waals surface area contributed by atoms with Gasteiger partial charge in [-0.2, -0.15) is 0 Å². The first-order valence-corrected chi connectivity index (χ1v) is 8.90. The Bertz CT molecular complexity index is 1170. The van der Waals surface area contributed by atoms with Gasteiger partial charge in [-0.15, -0.1) is 11.3 Å². The van der Waals surface area contributed by atoms with Crippen LogP contribution in [0, 0.1) is 0 Å². The first-order chi connectivity index (χ1) is 13.3. The number of carbonyl (C=O) groups is 2. The molecule has 1 amide bonds. The number of benzene rings is 1. The number of H-pyrrole nitrogens is 2. The summed E-state index contributed by atoms with van der Waals surface area (Å²) in [6, 6.07) is 7.11. The Morgan fingerprint density at radius 3 is 2.75 bits per heavy atom. The van der Waals surface area contributed by atoms with Crippen LogP contribution in [0.3, 0.4) is 0 Å². The fourth-order valence-electron chi connectivity index (χ4n) is 2.14. The predicted octanol–water partition coefficient (Wildman–Crippen LogP) is 1.22. The Hall–Kier alpha value is -3.44. The average molecular weight is 422 g/mol. The number of halogens is 1. The second-order valence-electron chi connectivity index (χ2n) is 5.34.